The molecule has 1 aromatic rings. The second-order valence-corrected chi connectivity index (χ2v) is 2.90. The zero-order valence-corrected chi connectivity index (χ0v) is 8.40. The highest BCUT2D eigenvalue weighted by atomic mass is 19.1. The van der Waals surface area contributed by atoms with Gasteiger partial charge >= 0.3 is 0 Å². The van der Waals surface area contributed by atoms with Crippen LogP contribution in [-0.2, 0) is 0 Å². The quantitative estimate of drug-likeness (QED) is 0.460. The average Bonchev–Trinajstić information content (AvgIpc) is 2.25. The van der Waals surface area contributed by atoms with Crippen molar-refractivity contribution in [2.75, 3.05) is 18.6 Å². The molecular weight excluding hydrogens is 197 g/mol. The number of rotatable bonds is 5. The lowest BCUT2D eigenvalue weighted by Gasteiger charge is -1.99. The van der Waals surface area contributed by atoms with Gasteiger partial charge in [0.25, 0.3) is 0 Å². The lowest BCUT2D eigenvalue weighted by atomic mass is 10.1. The molecule has 0 unspecified atom stereocenters. The monoisotopic (exact) mass is 209 g/mol. The first-order chi connectivity index (χ1) is 7.24. The molecule has 0 aliphatic heterocycles. The Morgan fingerprint density at radius 1 is 1.40 bits per heavy atom. The van der Waals surface area contributed by atoms with E-state index in [2.05, 4.69) is 15.8 Å². The Bertz CT molecular complexity index is 348. The van der Waals surface area contributed by atoms with Gasteiger partial charge < -0.3 is 0 Å². The predicted molar refractivity (Wildman–Crippen MR) is 55.8 cm³/mol. The summed E-state index contributed by atoms with van der Waals surface area (Å²) in [6.45, 7) is 1.04. The molecule has 0 atom stereocenters. The van der Waals surface area contributed by atoms with Crippen LogP contribution in [-0.4, -0.2) is 19.0 Å². The van der Waals surface area contributed by atoms with Crippen LogP contribution in [0.5, 0.6) is 0 Å². The predicted octanol–water partition coefficient (Wildman–Crippen LogP) is 2.64. The Morgan fingerprint density at radius 3 is 2.60 bits per heavy atom. The van der Waals surface area contributed by atoms with Crippen LogP contribution in [0.25, 0.3) is 0 Å². The van der Waals surface area contributed by atoms with Crippen molar-refractivity contribution in [3.63, 3.8) is 0 Å². The molecule has 4 nitrogen and oxygen atoms in total. The van der Waals surface area contributed by atoms with Crippen molar-refractivity contribution in [2.45, 2.75) is 6.92 Å². The molecule has 0 heterocycles. The number of nitrogens with zero attached hydrogens (tertiary/aromatic N) is 2. The summed E-state index contributed by atoms with van der Waals surface area (Å²) in [6.07, 6.45) is 0. The van der Waals surface area contributed by atoms with E-state index in [-0.39, 0.29) is 12.3 Å². The van der Waals surface area contributed by atoms with E-state index in [0.717, 1.165) is 0 Å². The fourth-order valence-electron chi connectivity index (χ4n) is 0.960. The lowest BCUT2D eigenvalue weighted by Crippen LogP contribution is -1.93. The summed E-state index contributed by atoms with van der Waals surface area (Å²) in [5, 5.41) is 7.07. The minimum absolute atomic E-state index is 0.0144. The van der Waals surface area contributed by atoms with E-state index < -0.39 is 6.67 Å². The number of hydrogen-bond acceptors (Lipinski definition) is 3. The number of benzene rings is 1. The van der Waals surface area contributed by atoms with Crippen LogP contribution in [0, 0.1) is 0 Å². The number of alkyl halides is 1. The topological polar surface area (TPSA) is 53.8 Å². The molecule has 80 valence electrons. The Kier molecular flexibility index (Phi) is 4.40. The van der Waals surface area contributed by atoms with Gasteiger partial charge in [-0.2, -0.15) is 5.11 Å². The maximum absolute atomic E-state index is 11.6. The van der Waals surface area contributed by atoms with Gasteiger partial charge in [-0.15, -0.1) is 0 Å². The fraction of sp³-hybridized carbons (Fsp3) is 0.300. The molecule has 0 aromatic heterocycles. The van der Waals surface area contributed by atoms with E-state index in [1.807, 2.05) is 0 Å². The molecule has 0 amide bonds. The normalized spacial score (nSPS) is 10.5. The molecule has 0 bridgehead atoms. The first kappa shape index (κ1) is 11.3. The van der Waals surface area contributed by atoms with Crippen LogP contribution in [0.1, 0.15) is 17.3 Å². The number of carbonyl (C=O) groups excluding carboxylic acids is 1. The zero-order chi connectivity index (χ0) is 11.1. The van der Waals surface area contributed by atoms with Crippen LogP contribution >= 0.6 is 0 Å². The first-order valence-electron chi connectivity index (χ1n) is 4.53. The van der Waals surface area contributed by atoms with E-state index in [1.54, 1.807) is 24.3 Å². The van der Waals surface area contributed by atoms with Gasteiger partial charge in [-0.3, -0.25) is 10.2 Å². The maximum Gasteiger partial charge on any atom is 0.159 e. The number of carbonyl (C=O) groups is 1. The molecule has 0 radical (unpaired) electrons. The summed E-state index contributed by atoms with van der Waals surface area (Å²) in [6, 6.07) is 6.81. The van der Waals surface area contributed by atoms with E-state index in [1.165, 1.54) is 6.92 Å². The standard InChI is InChI=1S/C10H12FN3O/c1-8(15)9-2-4-10(5-3-9)13-14-12-7-6-11/h2-5H,6-7H2,1H3,(H,12,13). The number of hydrogen-bond donors (Lipinski definition) is 1. The highest BCUT2D eigenvalue weighted by molar-refractivity contribution is 5.94. The van der Waals surface area contributed by atoms with Crippen LogP contribution in [0.3, 0.4) is 0 Å². The number of anilines is 1. The fourth-order valence-corrected chi connectivity index (χ4v) is 0.960. The molecule has 1 rings (SSSR count). The van der Waals surface area contributed by atoms with Crippen molar-refractivity contribution >= 4 is 11.5 Å². The minimum atomic E-state index is -0.519. The zero-order valence-electron chi connectivity index (χ0n) is 8.40. The van der Waals surface area contributed by atoms with Crippen LogP contribution in [0.4, 0.5) is 10.1 Å². The molecule has 0 aliphatic carbocycles. The Labute approximate surface area is 87.2 Å². The van der Waals surface area contributed by atoms with E-state index in [9.17, 15) is 9.18 Å². The highest BCUT2D eigenvalue weighted by Gasteiger charge is 1.97. The van der Waals surface area contributed by atoms with E-state index in [4.69, 9.17) is 0 Å². The molecule has 0 saturated heterocycles. The second-order valence-electron chi connectivity index (χ2n) is 2.90. The van der Waals surface area contributed by atoms with Crippen molar-refractivity contribution in [3.8, 4) is 0 Å². The highest BCUT2D eigenvalue weighted by Crippen LogP contribution is 2.09. The molecule has 15 heavy (non-hydrogen) atoms. The third kappa shape index (κ3) is 3.84. The average molecular weight is 209 g/mol. The molecular formula is C10H12FN3O. The third-order valence-electron chi connectivity index (χ3n) is 1.73. The molecule has 0 spiro atoms. The van der Waals surface area contributed by atoms with E-state index in [0.29, 0.717) is 11.3 Å². The largest absolute Gasteiger partial charge is 0.295 e. The van der Waals surface area contributed by atoms with Gasteiger partial charge in [0.05, 0.1) is 12.2 Å². The maximum atomic E-state index is 11.6. The van der Waals surface area contributed by atoms with Gasteiger partial charge in [0, 0.05) is 5.56 Å². The molecule has 0 saturated carbocycles. The van der Waals surface area contributed by atoms with E-state index >= 15 is 0 Å². The van der Waals surface area contributed by atoms with Gasteiger partial charge in [-0.1, -0.05) is 5.22 Å². The summed E-state index contributed by atoms with van der Waals surface area (Å²) in [5.74, 6) is 0.0144. The third-order valence-corrected chi connectivity index (χ3v) is 1.73. The van der Waals surface area contributed by atoms with Gasteiger partial charge in [-0.25, -0.2) is 4.39 Å². The Balaban J connectivity index is 2.53. The summed E-state index contributed by atoms with van der Waals surface area (Å²) >= 11 is 0. The smallest absolute Gasteiger partial charge is 0.159 e. The van der Waals surface area contributed by atoms with Crippen molar-refractivity contribution in [1.82, 2.24) is 0 Å². The van der Waals surface area contributed by atoms with Gasteiger partial charge in [0.15, 0.2) is 5.78 Å². The minimum Gasteiger partial charge on any atom is -0.295 e. The van der Waals surface area contributed by atoms with Crippen molar-refractivity contribution in [3.05, 3.63) is 29.8 Å². The molecule has 5 heteroatoms. The first-order valence-corrected chi connectivity index (χ1v) is 4.53. The SMILES string of the molecule is CC(=O)c1ccc(NN=NCCF)cc1. The number of nitrogens with one attached hydrogen (secondary N) is 1. The van der Waals surface area contributed by atoms with Gasteiger partial charge in [0.2, 0.25) is 0 Å². The van der Waals surface area contributed by atoms with Gasteiger partial charge in [-0.05, 0) is 31.2 Å². The summed E-state index contributed by atoms with van der Waals surface area (Å²) in [4.78, 5) is 11.0. The number of ketones is 1. The molecule has 1 N–H and O–H groups in total. The second kappa shape index (κ2) is 5.85. The number of halogens is 1. The van der Waals surface area contributed by atoms with Crippen LogP contribution in [0.15, 0.2) is 34.6 Å². The molecule has 1 aromatic carbocycles. The molecule has 0 fully saturated rings. The van der Waals surface area contributed by atoms with Crippen molar-refractivity contribution in [1.29, 1.82) is 0 Å². The van der Waals surface area contributed by atoms with Crippen molar-refractivity contribution < 1.29 is 9.18 Å². The lowest BCUT2D eigenvalue weighted by molar-refractivity contribution is 0.101. The number of Topliss-reactive ketones (excluding diaryl/α,β-unsaturated/α-hetero) is 1. The molecule has 0 aliphatic rings. The Morgan fingerprint density at radius 2 is 2.07 bits per heavy atom. The summed E-state index contributed by atoms with van der Waals surface area (Å²) in [5.41, 5.74) is 3.98. The summed E-state index contributed by atoms with van der Waals surface area (Å²) < 4.78 is 11.6. The van der Waals surface area contributed by atoms with Gasteiger partial charge in [0.1, 0.15) is 6.67 Å². The van der Waals surface area contributed by atoms with Crippen LogP contribution in [0.2, 0.25) is 0 Å². The summed E-state index contributed by atoms with van der Waals surface area (Å²) in [7, 11) is 0. The van der Waals surface area contributed by atoms with Crippen molar-refractivity contribution in [2.24, 2.45) is 10.3 Å². The van der Waals surface area contributed by atoms with Crippen LogP contribution < -0.4 is 5.43 Å². The Hall–Kier alpha value is -1.78.